The first-order valence-corrected chi connectivity index (χ1v) is 7.91. The highest BCUT2D eigenvalue weighted by Crippen LogP contribution is 2.19. The van der Waals surface area contributed by atoms with Crippen LogP contribution in [0, 0.1) is 6.92 Å². The van der Waals surface area contributed by atoms with Crippen LogP contribution < -0.4 is 0 Å². The molecule has 0 unspecified atom stereocenters. The second-order valence-electron chi connectivity index (χ2n) is 6.14. The van der Waals surface area contributed by atoms with Crippen molar-refractivity contribution in [1.82, 2.24) is 9.80 Å². The van der Waals surface area contributed by atoms with Crippen molar-refractivity contribution >= 4 is 0 Å². The molecule has 0 atom stereocenters. The molecule has 0 aromatic heterocycles. The van der Waals surface area contributed by atoms with Gasteiger partial charge in [-0.3, -0.25) is 9.80 Å². The predicted octanol–water partition coefficient (Wildman–Crippen LogP) is 2.29. The molecule has 0 spiro atoms. The van der Waals surface area contributed by atoms with Crippen molar-refractivity contribution < 1.29 is 4.74 Å². The normalized spacial score (nSPS) is 23.1. The van der Waals surface area contributed by atoms with Crippen LogP contribution in [0.25, 0.3) is 0 Å². The Kier molecular flexibility index (Phi) is 4.71. The van der Waals surface area contributed by atoms with Gasteiger partial charge in [-0.05, 0) is 38.4 Å². The van der Waals surface area contributed by atoms with Gasteiger partial charge in [0.2, 0.25) is 0 Å². The largest absolute Gasteiger partial charge is 0.379 e. The number of ether oxygens (including phenoxy) is 1. The van der Waals surface area contributed by atoms with Crippen molar-refractivity contribution in [2.75, 3.05) is 39.4 Å². The minimum atomic E-state index is 0.785. The quantitative estimate of drug-likeness (QED) is 0.841. The van der Waals surface area contributed by atoms with E-state index in [1.54, 1.807) is 0 Å². The van der Waals surface area contributed by atoms with Crippen LogP contribution in [0.15, 0.2) is 24.3 Å². The molecule has 20 heavy (non-hydrogen) atoms. The molecule has 2 fully saturated rings. The fraction of sp³-hybridized carbons (Fsp3) is 0.647. The molecule has 2 aliphatic rings. The van der Waals surface area contributed by atoms with Gasteiger partial charge in [-0.1, -0.05) is 29.8 Å². The average molecular weight is 274 g/mol. The Hall–Kier alpha value is -0.900. The molecule has 1 aromatic rings. The Bertz CT molecular complexity index is 421. The first-order chi connectivity index (χ1) is 9.81. The molecule has 0 N–H and O–H groups in total. The number of aryl methyl sites for hydroxylation is 1. The summed E-state index contributed by atoms with van der Waals surface area (Å²) >= 11 is 0. The van der Waals surface area contributed by atoms with Crippen molar-refractivity contribution in [3.8, 4) is 0 Å². The highest BCUT2D eigenvalue weighted by Gasteiger charge is 2.25. The van der Waals surface area contributed by atoms with Crippen LogP contribution in [-0.4, -0.2) is 55.2 Å². The summed E-state index contributed by atoms with van der Waals surface area (Å²) in [6.45, 7) is 9.84. The van der Waals surface area contributed by atoms with E-state index in [0.29, 0.717) is 0 Å². The van der Waals surface area contributed by atoms with Gasteiger partial charge in [0.1, 0.15) is 0 Å². The lowest BCUT2D eigenvalue weighted by Crippen LogP contribution is -2.48. The van der Waals surface area contributed by atoms with Crippen molar-refractivity contribution in [2.24, 2.45) is 0 Å². The van der Waals surface area contributed by atoms with Crippen LogP contribution in [0.4, 0.5) is 0 Å². The van der Waals surface area contributed by atoms with Gasteiger partial charge in [0.05, 0.1) is 13.2 Å². The lowest BCUT2D eigenvalue weighted by Gasteiger charge is -2.40. The Morgan fingerprint density at radius 1 is 1.10 bits per heavy atom. The van der Waals surface area contributed by atoms with Gasteiger partial charge in [-0.25, -0.2) is 0 Å². The molecule has 110 valence electrons. The van der Waals surface area contributed by atoms with Crippen LogP contribution >= 0.6 is 0 Å². The highest BCUT2D eigenvalue weighted by molar-refractivity contribution is 5.22. The van der Waals surface area contributed by atoms with Crippen molar-refractivity contribution in [3.63, 3.8) is 0 Å². The van der Waals surface area contributed by atoms with Crippen LogP contribution in [0.2, 0.25) is 0 Å². The van der Waals surface area contributed by atoms with Crippen molar-refractivity contribution in [1.29, 1.82) is 0 Å². The number of piperidine rings is 1. The Labute approximate surface area is 122 Å². The van der Waals surface area contributed by atoms with E-state index in [1.165, 1.54) is 37.1 Å². The van der Waals surface area contributed by atoms with Crippen LogP contribution in [-0.2, 0) is 11.3 Å². The summed E-state index contributed by atoms with van der Waals surface area (Å²) in [4.78, 5) is 5.24. The first-order valence-electron chi connectivity index (χ1n) is 7.91. The second kappa shape index (κ2) is 6.70. The lowest BCUT2D eigenvalue weighted by molar-refractivity contribution is 0.000230. The fourth-order valence-corrected chi connectivity index (χ4v) is 3.45. The van der Waals surface area contributed by atoms with E-state index in [2.05, 4.69) is 41.0 Å². The van der Waals surface area contributed by atoms with Crippen molar-refractivity contribution in [3.05, 3.63) is 35.4 Å². The van der Waals surface area contributed by atoms with Crippen LogP contribution in [0.3, 0.4) is 0 Å². The highest BCUT2D eigenvalue weighted by atomic mass is 16.5. The van der Waals surface area contributed by atoms with E-state index in [0.717, 1.165) is 38.9 Å². The molecule has 3 rings (SSSR count). The van der Waals surface area contributed by atoms with E-state index in [4.69, 9.17) is 4.74 Å². The molecule has 3 heteroatoms. The summed E-state index contributed by atoms with van der Waals surface area (Å²) in [5.74, 6) is 0. The standard InChI is InChI=1S/C17H26N2O/c1-15-3-2-4-16(13-15)14-18-7-5-17(6-8-18)19-9-11-20-12-10-19/h2-4,13,17H,5-12,14H2,1H3. The van der Waals surface area contributed by atoms with E-state index < -0.39 is 0 Å². The minimum Gasteiger partial charge on any atom is -0.379 e. The predicted molar refractivity (Wildman–Crippen MR) is 81.9 cm³/mol. The van der Waals surface area contributed by atoms with Gasteiger partial charge in [0, 0.05) is 25.7 Å². The minimum absolute atomic E-state index is 0.785. The summed E-state index contributed by atoms with van der Waals surface area (Å²) in [6, 6.07) is 9.70. The zero-order valence-electron chi connectivity index (χ0n) is 12.6. The number of rotatable bonds is 3. The molecule has 2 saturated heterocycles. The fourth-order valence-electron chi connectivity index (χ4n) is 3.45. The molecule has 0 radical (unpaired) electrons. The second-order valence-corrected chi connectivity index (χ2v) is 6.14. The number of hydrogen-bond acceptors (Lipinski definition) is 3. The topological polar surface area (TPSA) is 15.7 Å². The van der Waals surface area contributed by atoms with Gasteiger partial charge in [0.25, 0.3) is 0 Å². The number of benzene rings is 1. The first kappa shape index (κ1) is 14.1. The molecule has 0 bridgehead atoms. The summed E-state index contributed by atoms with van der Waals surface area (Å²) in [5, 5.41) is 0. The number of nitrogens with zero attached hydrogens (tertiary/aromatic N) is 2. The smallest absolute Gasteiger partial charge is 0.0594 e. The van der Waals surface area contributed by atoms with E-state index in [1.807, 2.05) is 0 Å². The summed E-state index contributed by atoms with van der Waals surface area (Å²) in [5.41, 5.74) is 2.82. The van der Waals surface area contributed by atoms with Gasteiger partial charge in [-0.2, -0.15) is 0 Å². The van der Waals surface area contributed by atoms with Crippen LogP contribution in [0.5, 0.6) is 0 Å². The monoisotopic (exact) mass is 274 g/mol. The molecule has 0 aliphatic carbocycles. The van der Waals surface area contributed by atoms with E-state index in [-0.39, 0.29) is 0 Å². The summed E-state index contributed by atoms with van der Waals surface area (Å²) < 4.78 is 5.45. The third kappa shape index (κ3) is 3.60. The van der Waals surface area contributed by atoms with Gasteiger partial charge >= 0.3 is 0 Å². The molecule has 2 aliphatic heterocycles. The molecule has 0 saturated carbocycles. The van der Waals surface area contributed by atoms with Gasteiger partial charge in [-0.15, -0.1) is 0 Å². The van der Waals surface area contributed by atoms with E-state index >= 15 is 0 Å². The maximum atomic E-state index is 5.45. The lowest BCUT2D eigenvalue weighted by atomic mass is 10.0. The molecule has 3 nitrogen and oxygen atoms in total. The zero-order valence-corrected chi connectivity index (χ0v) is 12.6. The van der Waals surface area contributed by atoms with Crippen LogP contribution in [0.1, 0.15) is 24.0 Å². The maximum absolute atomic E-state index is 5.45. The third-order valence-corrected chi connectivity index (χ3v) is 4.61. The summed E-state index contributed by atoms with van der Waals surface area (Å²) in [6.07, 6.45) is 2.62. The molecular weight excluding hydrogens is 248 g/mol. The maximum Gasteiger partial charge on any atom is 0.0594 e. The number of likely N-dealkylation sites (tertiary alicyclic amines) is 1. The van der Waals surface area contributed by atoms with E-state index in [9.17, 15) is 0 Å². The molecule has 2 heterocycles. The van der Waals surface area contributed by atoms with Gasteiger partial charge in [0.15, 0.2) is 0 Å². The Morgan fingerprint density at radius 2 is 1.85 bits per heavy atom. The summed E-state index contributed by atoms with van der Waals surface area (Å²) in [7, 11) is 0. The van der Waals surface area contributed by atoms with Gasteiger partial charge < -0.3 is 4.74 Å². The zero-order chi connectivity index (χ0) is 13.8. The molecule has 1 aromatic carbocycles. The molecular formula is C17H26N2O. The number of morpholine rings is 1. The third-order valence-electron chi connectivity index (χ3n) is 4.61. The Balaban J connectivity index is 1.48. The van der Waals surface area contributed by atoms with Crippen molar-refractivity contribution in [2.45, 2.75) is 32.4 Å². The Morgan fingerprint density at radius 3 is 2.55 bits per heavy atom. The average Bonchev–Trinajstić information content (AvgIpc) is 2.49. The number of hydrogen-bond donors (Lipinski definition) is 0. The SMILES string of the molecule is Cc1cccc(CN2CCC(N3CCOCC3)CC2)c1. The molecule has 0 amide bonds.